The molecule has 1 aromatic rings. The molecule has 0 aliphatic carbocycles. The average molecular weight is 401 g/mol. The number of hydrogen-bond acceptors (Lipinski definition) is 4. The van der Waals surface area contributed by atoms with E-state index < -0.39 is 41.0 Å². The number of carboxylic acids is 1. The van der Waals surface area contributed by atoms with Crippen LogP contribution in [0.15, 0.2) is 6.07 Å². The average Bonchev–Trinajstić information content (AvgIpc) is 2.56. The first-order valence-electron chi connectivity index (χ1n) is 8.60. The lowest BCUT2D eigenvalue weighted by molar-refractivity contribution is -0.153. The van der Waals surface area contributed by atoms with E-state index in [1.165, 1.54) is 0 Å². The number of hydrogen-bond donors (Lipinski definition) is 2. The van der Waals surface area contributed by atoms with Crippen molar-refractivity contribution in [2.24, 2.45) is 11.3 Å². The third-order valence-corrected chi connectivity index (χ3v) is 5.23. The van der Waals surface area contributed by atoms with Gasteiger partial charge in [0.25, 0.3) is 0 Å². The van der Waals surface area contributed by atoms with Gasteiger partial charge in [-0.3, -0.25) is 9.59 Å². The number of Topliss-reactive ketones (excluding diaryl/α,β-unsaturated/α-hetero) is 1. The molecule has 7 nitrogen and oxygen atoms in total. The number of piperidine rings is 1. The van der Waals surface area contributed by atoms with Crippen LogP contribution in [-0.4, -0.2) is 50.5 Å². The molecule has 2 rings (SSSR count). The van der Waals surface area contributed by atoms with Crippen molar-refractivity contribution in [2.75, 3.05) is 6.54 Å². The summed E-state index contributed by atoms with van der Waals surface area (Å²) in [7, 11) is 0. The van der Waals surface area contributed by atoms with Crippen molar-refractivity contribution in [1.82, 2.24) is 9.88 Å². The van der Waals surface area contributed by atoms with E-state index >= 15 is 0 Å². The van der Waals surface area contributed by atoms with Crippen molar-refractivity contribution >= 4 is 29.4 Å². The zero-order chi connectivity index (χ0) is 20.5. The summed E-state index contributed by atoms with van der Waals surface area (Å²) >= 11 is 5.94. The summed E-state index contributed by atoms with van der Waals surface area (Å²) in [6.07, 6.45) is -1.38. The van der Waals surface area contributed by atoms with E-state index in [9.17, 15) is 29.0 Å². The van der Waals surface area contributed by atoms with E-state index in [1.807, 2.05) is 0 Å². The molecule has 1 aromatic heterocycles. The number of pyridine rings is 1. The Bertz CT molecular complexity index is 785. The topological polar surface area (TPSA) is 108 Å². The Hall–Kier alpha value is -2.22. The highest BCUT2D eigenvalue weighted by Crippen LogP contribution is 2.39. The Kier molecular flexibility index (Phi) is 6.09. The number of halogens is 2. The van der Waals surface area contributed by atoms with E-state index in [0.717, 1.165) is 11.0 Å². The van der Waals surface area contributed by atoms with E-state index in [2.05, 4.69) is 4.98 Å². The molecule has 0 bridgehead atoms. The first-order chi connectivity index (χ1) is 12.5. The Balaban J connectivity index is 2.42. The maximum absolute atomic E-state index is 14.9. The van der Waals surface area contributed by atoms with Crippen LogP contribution in [0, 0.1) is 17.2 Å². The van der Waals surface area contributed by atoms with E-state index in [0.29, 0.717) is 0 Å². The zero-order valence-electron chi connectivity index (χ0n) is 15.3. The molecular formula is C18H22ClFN2O5. The van der Waals surface area contributed by atoms with Gasteiger partial charge in [-0.25, -0.2) is 14.2 Å². The number of aliphatic carboxylic acids is 1. The number of carboxylic acid groups (broad SMARTS) is 2. The second-order valence-corrected chi connectivity index (χ2v) is 7.70. The van der Waals surface area contributed by atoms with Gasteiger partial charge in [-0.05, 0) is 25.8 Å². The molecule has 0 saturated carbocycles. The Morgan fingerprint density at radius 1 is 1.41 bits per heavy atom. The summed E-state index contributed by atoms with van der Waals surface area (Å²) in [6.45, 7) is 4.87. The smallest absolute Gasteiger partial charge is 0.407 e. The number of likely N-dealkylation sites (tertiary alicyclic amines) is 1. The van der Waals surface area contributed by atoms with Crippen LogP contribution in [0.1, 0.15) is 49.7 Å². The molecule has 1 aliphatic rings. The Labute approximate surface area is 161 Å². The summed E-state index contributed by atoms with van der Waals surface area (Å²) < 4.78 is 14.9. The molecular weight excluding hydrogens is 379 g/mol. The third-order valence-electron chi connectivity index (χ3n) is 5.04. The highest BCUT2D eigenvalue weighted by molar-refractivity contribution is 6.29. The first kappa shape index (κ1) is 21.1. The van der Waals surface area contributed by atoms with Crippen molar-refractivity contribution in [3.05, 3.63) is 28.3 Å². The fourth-order valence-corrected chi connectivity index (χ4v) is 3.73. The van der Waals surface area contributed by atoms with Crippen molar-refractivity contribution in [1.29, 1.82) is 0 Å². The van der Waals surface area contributed by atoms with Crippen LogP contribution >= 0.6 is 11.6 Å². The second kappa shape index (κ2) is 7.80. The van der Waals surface area contributed by atoms with Crippen LogP contribution < -0.4 is 0 Å². The number of aromatic nitrogens is 1. The van der Waals surface area contributed by atoms with Crippen LogP contribution in [0.2, 0.25) is 5.15 Å². The van der Waals surface area contributed by atoms with Gasteiger partial charge in [0.1, 0.15) is 5.15 Å². The molecule has 2 unspecified atom stereocenters. The molecule has 148 valence electrons. The highest BCUT2D eigenvalue weighted by Gasteiger charge is 2.46. The largest absolute Gasteiger partial charge is 0.481 e. The van der Waals surface area contributed by atoms with Gasteiger partial charge in [-0.1, -0.05) is 25.4 Å². The van der Waals surface area contributed by atoms with Crippen molar-refractivity contribution in [2.45, 2.75) is 46.1 Å². The van der Waals surface area contributed by atoms with Crippen LogP contribution in [0.25, 0.3) is 0 Å². The van der Waals surface area contributed by atoms with Gasteiger partial charge < -0.3 is 15.1 Å². The number of rotatable bonds is 5. The fourth-order valence-electron chi connectivity index (χ4n) is 3.52. The SMILES string of the molecule is CC(C)C(=O)c1cc(Cl)nc(CC2(C(=O)O)CCN(C(=O)O)C(C)C2)c1F. The van der Waals surface area contributed by atoms with Crippen LogP contribution in [0.4, 0.5) is 9.18 Å². The number of nitrogens with zero attached hydrogens (tertiary/aromatic N) is 2. The molecule has 1 saturated heterocycles. The van der Waals surface area contributed by atoms with Gasteiger partial charge in [0.05, 0.1) is 16.7 Å². The van der Waals surface area contributed by atoms with Gasteiger partial charge in [0, 0.05) is 24.9 Å². The number of carbonyl (C=O) groups excluding carboxylic acids is 1. The van der Waals surface area contributed by atoms with Crippen LogP contribution in [0.5, 0.6) is 0 Å². The molecule has 2 heterocycles. The molecule has 0 spiro atoms. The van der Waals surface area contributed by atoms with E-state index in [4.69, 9.17) is 11.6 Å². The lowest BCUT2D eigenvalue weighted by Crippen LogP contribution is -2.51. The number of ketones is 1. The van der Waals surface area contributed by atoms with Gasteiger partial charge >= 0.3 is 12.1 Å². The van der Waals surface area contributed by atoms with E-state index in [1.54, 1.807) is 20.8 Å². The molecule has 1 amide bonds. The quantitative estimate of drug-likeness (QED) is 0.578. The van der Waals surface area contributed by atoms with Crippen molar-refractivity contribution < 1.29 is 29.0 Å². The minimum atomic E-state index is -1.39. The van der Waals surface area contributed by atoms with Crippen LogP contribution in [0.3, 0.4) is 0 Å². The van der Waals surface area contributed by atoms with Gasteiger partial charge in [-0.2, -0.15) is 0 Å². The lowest BCUT2D eigenvalue weighted by atomic mass is 9.72. The predicted molar refractivity (Wildman–Crippen MR) is 95.6 cm³/mol. The van der Waals surface area contributed by atoms with Gasteiger partial charge in [0.2, 0.25) is 0 Å². The molecule has 1 fully saturated rings. The van der Waals surface area contributed by atoms with Crippen molar-refractivity contribution in [3.63, 3.8) is 0 Å². The predicted octanol–water partition coefficient (Wildman–Crippen LogP) is 3.49. The summed E-state index contributed by atoms with van der Waals surface area (Å²) in [6, 6.07) is 0.595. The lowest BCUT2D eigenvalue weighted by Gasteiger charge is -2.42. The monoisotopic (exact) mass is 400 g/mol. The maximum Gasteiger partial charge on any atom is 0.407 e. The third kappa shape index (κ3) is 4.21. The first-order valence-corrected chi connectivity index (χ1v) is 8.98. The zero-order valence-corrected chi connectivity index (χ0v) is 16.1. The van der Waals surface area contributed by atoms with Gasteiger partial charge in [0.15, 0.2) is 11.6 Å². The number of amides is 1. The molecule has 0 radical (unpaired) electrons. The summed E-state index contributed by atoms with van der Waals surface area (Å²) in [4.78, 5) is 40.6. The van der Waals surface area contributed by atoms with Gasteiger partial charge in [-0.15, -0.1) is 0 Å². The molecule has 1 aliphatic heterocycles. The standard InChI is InChI=1S/C18H22ClFN2O5/c1-9(2)15(23)11-6-13(19)21-12(14(11)20)8-18(16(24)25)4-5-22(17(26)27)10(3)7-18/h6,9-10H,4-5,7-8H2,1-3H3,(H,24,25)(H,26,27). The Morgan fingerprint density at radius 3 is 2.52 bits per heavy atom. The Morgan fingerprint density at radius 2 is 2.04 bits per heavy atom. The van der Waals surface area contributed by atoms with E-state index in [-0.39, 0.29) is 42.2 Å². The highest BCUT2D eigenvalue weighted by atomic mass is 35.5. The summed E-state index contributed by atoms with van der Waals surface area (Å²) in [5.74, 6) is -2.93. The minimum absolute atomic E-state index is 0.00965. The minimum Gasteiger partial charge on any atom is -0.481 e. The van der Waals surface area contributed by atoms with Crippen LogP contribution in [-0.2, 0) is 11.2 Å². The fraction of sp³-hybridized carbons (Fsp3) is 0.556. The van der Waals surface area contributed by atoms with Crippen molar-refractivity contribution in [3.8, 4) is 0 Å². The molecule has 0 aromatic carbocycles. The number of carbonyl (C=O) groups is 3. The normalized spacial score (nSPS) is 22.7. The molecule has 9 heteroatoms. The maximum atomic E-state index is 14.9. The molecule has 27 heavy (non-hydrogen) atoms. The summed E-state index contributed by atoms with van der Waals surface area (Å²) in [5.41, 5.74) is -1.79. The molecule has 2 atom stereocenters. The molecule has 2 N–H and O–H groups in total. The second-order valence-electron chi connectivity index (χ2n) is 7.31. The summed E-state index contributed by atoms with van der Waals surface area (Å²) in [5, 5.41) is 18.9.